The summed E-state index contributed by atoms with van der Waals surface area (Å²) in [7, 11) is 0. The summed E-state index contributed by atoms with van der Waals surface area (Å²) < 4.78 is 15.9. The number of esters is 2. The van der Waals surface area contributed by atoms with E-state index in [1.54, 1.807) is 13.0 Å². The largest absolute Gasteiger partial charge is 0.462 e. The molecule has 0 aliphatic heterocycles. The molecule has 0 saturated heterocycles. The molecule has 0 unspecified atom stereocenters. The van der Waals surface area contributed by atoms with Gasteiger partial charge in [0.15, 0.2) is 0 Å². The van der Waals surface area contributed by atoms with E-state index in [0.29, 0.717) is 37.6 Å². The third-order valence-electron chi connectivity index (χ3n) is 4.39. The lowest BCUT2D eigenvalue weighted by Gasteiger charge is -2.08. The molecule has 2 rings (SSSR count). The van der Waals surface area contributed by atoms with Crippen molar-refractivity contribution in [2.75, 3.05) is 26.4 Å². The molecule has 30 heavy (non-hydrogen) atoms. The Balaban J connectivity index is 1.54. The minimum atomic E-state index is -0.350. The molecule has 0 saturated carbocycles. The second-order valence-corrected chi connectivity index (χ2v) is 7.03. The number of carbonyl (C=O) groups excluding carboxylic acids is 2. The molecule has 0 bridgehead atoms. The van der Waals surface area contributed by atoms with E-state index in [-0.39, 0.29) is 11.9 Å². The monoisotopic (exact) mass is 410 g/mol. The van der Waals surface area contributed by atoms with Crippen LogP contribution in [0.4, 0.5) is 0 Å². The number of benzene rings is 2. The molecule has 0 radical (unpaired) electrons. The first-order valence-electron chi connectivity index (χ1n) is 10.3. The van der Waals surface area contributed by atoms with Crippen LogP contribution in [0.5, 0.6) is 0 Å². The number of rotatable bonds is 13. The van der Waals surface area contributed by atoms with Crippen molar-refractivity contribution in [1.82, 2.24) is 0 Å². The Kier molecular flexibility index (Phi) is 10.4. The molecule has 0 heterocycles. The van der Waals surface area contributed by atoms with Crippen molar-refractivity contribution in [2.45, 2.75) is 32.6 Å². The Morgan fingerprint density at radius 1 is 0.767 bits per heavy atom. The zero-order chi connectivity index (χ0) is 21.6. The number of carbonyl (C=O) groups is 2. The lowest BCUT2D eigenvalue weighted by Crippen LogP contribution is -2.08. The van der Waals surface area contributed by atoms with E-state index in [1.165, 1.54) is 0 Å². The van der Waals surface area contributed by atoms with Gasteiger partial charge in [-0.25, -0.2) is 9.59 Å². The van der Waals surface area contributed by atoms with Crippen molar-refractivity contribution >= 4 is 11.9 Å². The Labute approximate surface area is 178 Å². The van der Waals surface area contributed by atoms with Crippen molar-refractivity contribution in [2.24, 2.45) is 0 Å². The standard InChI is InChI=1S/C25H30O5/c1-20(2)24(26)29-17-8-6-15-28-16-7-9-18-30-25(27)23-14-10-13-22(19-23)21-11-4-3-5-12-21/h3-5,10-14,19H,1,6-9,15-18H2,2H3. The van der Waals surface area contributed by atoms with E-state index >= 15 is 0 Å². The Morgan fingerprint density at radius 2 is 1.37 bits per heavy atom. The van der Waals surface area contributed by atoms with Crippen LogP contribution in [0.15, 0.2) is 66.7 Å². The van der Waals surface area contributed by atoms with Gasteiger partial charge in [-0.05, 0) is 55.9 Å². The third kappa shape index (κ3) is 8.62. The molecule has 0 amide bonds. The van der Waals surface area contributed by atoms with Gasteiger partial charge in [0, 0.05) is 18.8 Å². The quantitative estimate of drug-likeness (QED) is 0.258. The molecule has 5 heteroatoms. The highest BCUT2D eigenvalue weighted by Crippen LogP contribution is 2.20. The van der Waals surface area contributed by atoms with Crippen LogP contribution in [0.3, 0.4) is 0 Å². The van der Waals surface area contributed by atoms with E-state index in [1.807, 2.05) is 48.5 Å². The summed E-state index contributed by atoms with van der Waals surface area (Å²) in [5.41, 5.74) is 3.03. The fraction of sp³-hybridized carbons (Fsp3) is 0.360. The van der Waals surface area contributed by atoms with Gasteiger partial charge in [0.25, 0.3) is 0 Å². The molecule has 160 valence electrons. The van der Waals surface area contributed by atoms with E-state index in [4.69, 9.17) is 14.2 Å². The predicted octanol–water partition coefficient (Wildman–Crippen LogP) is 5.21. The maximum atomic E-state index is 12.3. The molecule has 0 atom stereocenters. The smallest absolute Gasteiger partial charge is 0.338 e. The van der Waals surface area contributed by atoms with Crippen LogP contribution in [0, 0.1) is 0 Å². The molecule has 0 spiro atoms. The van der Waals surface area contributed by atoms with E-state index < -0.39 is 0 Å². The Bertz CT molecular complexity index is 813. The van der Waals surface area contributed by atoms with Crippen molar-refractivity contribution in [3.05, 3.63) is 72.3 Å². The maximum absolute atomic E-state index is 12.3. The van der Waals surface area contributed by atoms with Crippen molar-refractivity contribution in [1.29, 1.82) is 0 Å². The molecular weight excluding hydrogens is 380 g/mol. The number of unbranched alkanes of at least 4 members (excludes halogenated alkanes) is 2. The summed E-state index contributed by atoms with van der Waals surface area (Å²) in [6, 6.07) is 17.4. The summed E-state index contributed by atoms with van der Waals surface area (Å²) in [5, 5.41) is 0. The van der Waals surface area contributed by atoms with Gasteiger partial charge in [-0.15, -0.1) is 0 Å². The van der Waals surface area contributed by atoms with Gasteiger partial charge in [-0.1, -0.05) is 49.0 Å². The molecule has 0 aliphatic carbocycles. The van der Waals surface area contributed by atoms with Gasteiger partial charge >= 0.3 is 11.9 Å². The van der Waals surface area contributed by atoms with Crippen LogP contribution >= 0.6 is 0 Å². The van der Waals surface area contributed by atoms with Crippen molar-refractivity contribution < 1.29 is 23.8 Å². The molecular formula is C25H30O5. The van der Waals surface area contributed by atoms with E-state index in [9.17, 15) is 9.59 Å². The number of hydrogen-bond acceptors (Lipinski definition) is 5. The molecule has 0 N–H and O–H groups in total. The van der Waals surface area contributed by atoms with Gasteiger partial charge in [-0.3, -0.25) is 0 Å². The van der Waals surface area contributed by atoms with Crippen molar-refractivity contribution in [3.8, 4) is 11.1 Å². The second-order valence-electron chi connectivity index (χ2n) is 7.03. The summed E-state index contributed by atoms with van der Waals surface area (Å²) >= 11 is 0. The van der Waals surface area contributed by atoms with E-state index in [2.05, 4.69) is 6.58 Å². The first-order valence-corrected chi connectivity index (χ1v) is 10.3. The fourth-order valence-corrected chi connectivity index (χ4v) is 2.71. The zero-order valence-corrected chi connectivity index (χ0v) is 17.6. The zero-order valence-electron chi connectivity index (χ0n) is 17.6. The second kappa shape index (κ2) is 13.3. The topological polar surface area (TPSA) is 61.8 Å². The normalized spacial score (nSPS) is 10.4. The summed E-state index contributed by atoms with van der Waals surface area (Å²) in [6.07, 6.45) is 3.16. The Hall–Kier alpha value is -2.92. The van der Waals surface area contributed by atoms with Crippen LogP contribution in [-0.4, -0.2) is 38.4 Å². The lowest BCUT2D eigenvalue weighted by molar-refractivity contribution is -0.139. The average molecular weight is 411 g/mol. The molecule has 2 aromatic rings. The molecule has 0 aliphatic rings. The van der Waals surface area contributed by atoms with E-state index in [0.717, 1.165) is 36.8 Å². The highest BCUT2D eigenvalue weighted by Gasteiger charge is 2.08. The third-order valence-corrected chi connectivity index (χ3v) is 4.39. The maximum Gasteiger partial charge on any atom is 0.338 e. The summed E-state index contributed by atoms with van der Waals surface area (Å²) in [4.78, 5) is 23.5. The minimum Gasteiger partial charge on any atom is -0.462 e. The van der Waals surface area contributed by atoms with Gasteiger partial charge in [0.05, 0.1) is 18.8 Å². The van der Waals surface area contributed by atoms with Gasteiger partial charge < -0.3 is 14.2 Å². The SMILES string of the molecule is C=C(C)C(=O)OCCCCOCCCCOC(=O)c1cccc(-c2ccccc2)c1. The average Bonchev–Trinajstić information content (AvgIpc) is 2.77. The van der Waals surface area contributed by atoms with Crippen molar-refractivity contribution in [3.63, 3.8) is 0 Å². The lowest BCUT2D eigenvalue weighted by atomic mass is 10.0. The highest BCUT2D eigenvalue weighted by molar-refractivity contribution is 5.91. The molecule has 5 nitrogen and oxygen atoms in total. The fourth-order valence-electron chi connectivity index (χ4n) is 2.71. The predicted molar refractivity (Wildman–Crippen MR) is 117 cm³/mol. The molecule has 2 aromatic carbocycles. The van der Waals surface area contributed by atoms with Crippen LogP contribution in [-0.2, 0) is 19.0 Å². The highest BCUT2D eigenvalue weighted by atomic mass is 16.5. The summed E-state index contributed by atoms with van der Waals surface area (Å²) in [6.45, 7) is 7.16. The van der Waals surface area contributed by atoms with Gasteiger partial charge in [0.1, 0.15) is 0 Å². The first kappa shape index (κ1) is 23.4. The minimum absolute atomic E-state index is 0.307. The number of hydrogen-bond donors (Lipinski definition) is 0. The van der Waals surface area contributed by atoms with Crippen LogP contribution in [0.2, 0.25) is 0 Å². The van der Waals surface area contributed by atoms with Crippen LogP contribution in [0.1, 0.15) is 43.0 Å². The van der Waals surface area contributed by atoms with Crippen LogP contribution < -0.4 is 0 Å². The van der Waals surface area contributed by atoms with Gasteiger partial charge in [0.2, 0.25) is 0 Å². The van der Waals surface area contributed by atoms with Gasteiger partial charge in [-0.2, -0.15) is 0 Å². The number of ether oxygens (including phenoxy) is 3. The first-order chi connectivity index (χ1) is 14.6. The Morgan fingerprint density at radius 3 is 2.03 bits per heavy atom. The summed E-state index contributed by atoms with van der Waals surface area (Å²) in [5.74, 6) is -0.657. The molecule has 0 aromatic heterocycles. The molecule has 0 fully saturated rings. The van der Waals surface area contributed by atoms with Crippen LogP contribution in [0.25, 0.3) is 11.1 Å².